The Labute approximate surface area is 264 Å². The normalized spacial score (nSPS) is 23.7. The van der Waals surface area contributed by atoms with Crippen LogP contribution < -0.4 is 10.6 Å². The molecule has 2 rings (SSSR count). The number of carbonyl (C=O) groups is 3. The highest BCUT2D eigenvalue weighted by atomic mass is 35.6. The smallest absolute Gasteiger partial charge is 0.408 e. The molecule has 41 heavy (non-hydrogen) atoms. The van der Waals surface area contributed by atoms with Gasteiger partial charge in [-0.15, -0.1) is 0 Å². The Morgan fingerprint density at radius 1 is 0.902 bits per heavy atom. The fourth-order valence-electron chi connectivity index (χ4n) is 3.22. The second-order valence-corrected chi connectivity index (χ2v) is 13.4. The molecule has 1 fully saturated rings. The van der Waals surface area contributed by atoms with Gasteiger partial charge in [-0.2, -0.15) is 0 Å². The van der Waals surface area contributed by atoms with Crippen molar-refractivity contribution < 1.29 is 53.4 Å². The Morgan fingerprint density at radius 2 is 1.49 bits per heavy atom. The lowest BCUT2D eigenvalue weighted by atomic mass is 9.97. The number of alkyl carbamates (subject to hydrolysis) is 2. The lowest BCUT2D eigenvalue weighted by Gasteiger charge is -2.42. The summed E-state index contributed by atoms with van der Waals surface area (Å²) in [4.78, 5) is 37.4. The third-order valence-corrected chi connectivity index (χ3v) is 5.78. The molecule has 1 aliphatic heterocycles. The Morgan fingerprint density at radius 3 is 2.05 bits per heavy atom. The molecule has 1 saturated heterocycles. The van der Waals surface area contributed by atoms with E-state index in [9.17, 15) is 29.7 Å². The van der Waals surface area contributed by atoms with E-state index in [4.69, 9.17) is 93.3 Å². The monoisotopic (exact) mass is 704 g/mol. The summed E-state index contributed by atoms with van der Waals surface area (Å²) in [5.41, 5.74) is 0.635. The number of amides is 2. The lowest BCUT2D eigenvalue weighted by molar-refractivity contribution is -0.270. The van der Waals surface area contributed by atoms with E-state index in [0.717, 1.165) is 0 Å². The van der Waals surface area contributed by atoms with Crippen molar-refractivity contribution in [2.24, 2.45) is 0 Å². The number of nitrogens with one attached hydrogen (secondary N) is 2. The molecule has 0 aromatic heterocycles. The lowest BCUT2D eigenvalue weighted by Crippen LogP contribution is -2.65. The number of aliphatic hydroxyl groups is 3. The molecule has 19 heteroatoms. The number of rotatable bonds is 11. The van der Waals surface area contributed by atoms with E-state index in [0.29, 0.717) is 5.56 Å². The molecule has 0 radical (unpaired) electrons. The van der Waals surface area contributed by atoms with Gasteiger partial charge < -0.3 is 49.6 Å². The van der Waals surface area contributed by atoms with Crippen molar-refractivity contribution in [2.45, 2.75) is 50.9 Å². The van der Waals surface area contributed by atoms with Crippen molar-refractivity contribution in [3.63, 3.8) is 0 Å². The number of alkyl halides is 6. The van der Waals surface area contributed by atoms with E-state index >= 15 is 0 Å². The molecule has 1 heterocycles. The summed E-state index contributed by atoms with van der Waals surface area (Å²) in [5.74, 6) is -0.985. The van der Waals surface area contributed by atoms with Crippen LogP contribution in [0.2, 0.25) is 0 Å². The van der Waals surface area contributed by atoms with E-state index < -0.39 is 88.9 Å². The topological polar surface area (TPSA) is 182 Å². The molecule has 5 N–H and O–H groups in total. The van der Waals surface area contributed by atoms with Gasteiger partial charge in [-0.25, -0.2) is 14.4 Å². The van der Waals surface area contributed by atoms with E-state index in [1.165, 1.54) is 0 Å². The van der Waals surface area contributed by atoms with Crippen LogP contribution in [0.25, 0.3) is 0 Å². The molecule has 2 amide bonds. The fourth-order valence-corrected chi connectivity index (χ4v) is 3.55. The second kappa shape index (κ2) is 16.6. The van der Waals surface area contributed by atoms with Gasteiger partial charge in [0.05, 0.1) is 13.2 Å². The van der Waals surface area contributed by atoms with Crippen LogP contribution in [0, 0.1) is 0 Å². The number of aliphatic hydroxyl groups excluding tert-OH is 3. The average Bonchev–Trinajstić information content (AvgIpc) is 2.90. The largest absolute Gasteiger partial charge is 0.459 e. The number of hydrogen-bond donors (Lipinski definition) is 5. The summed E-state index contributed by atoms with van der Waals surface area (Å²) in [6, 6.07) is 5.50. The van der Waals surface area contributed by atoms with Crippen LogP contribution >= 0.6 is 69.6 Å². The standard InChI is InChI=1S/C22H26Cl6N2O11/c23-21(24,25)9-39-19(35)29-12(17(34)37-7-11-4-2-1-3-5-11)8-38-18-14(16(33)15(32)13(6-31)41-18)30-20(36)40-10-22(26,27)28/h1-5,12-16,18,31-33H,6-10H2,(H,29,35)(H,30,36)/t12?,13?,14?,15-,16-,18-/m1/s1. The van der Waals surface area contributed by atoms with Crippen molar-refractivity contribution in [3.05, 3.63) is 35.9 Å². The van der Waals surface area contributed by atoms with Crippen molar-refractivity contribution in [3.8, 4) is 0 Å². The van der Waals surface area contributed by atoms with Gasteiger partial charge in [0.25, 0.3) is 0 Å². The third-order valence-electron chi connectivity index (χ3n) is 5.13. The number of carbonyl (C=O) groups excluding carboxylic acids is 3. The Bertz CT molecular complexity index is 998. The molecule has 6 atom stereocenters. The van der Waals surface area contributed by atoms with E-state index in [2.05, 4.69) is 10.6 Å². The summed E-state index contributed by atoms with van der Waals surface area (Å²) < 4.78 is 21.9. The van der Waals surface area contributed by atoms with Gasteiger partial charge >= 0.3 is 18.2 Å². The SMILES string of the molecule is O=C(NC(CO[C@@H]1OC(CO)[C@@H](O)[C@H](O)C1NC(=O)OCC(Cl)(Cl)Cl)C(=O)OCc1ccccc1)OCC(Cl)(Cl)Cl. The molecular weight excluding hydrogens is 681 g/mol. The van der Waals surface area contributed by atoms with Gasteiger partial charge in [-0.1, -0.05) is 99.9 Å². The zero-order valence-electron chi connectivity index (χ0n) is 20.8. The van der Waals surface area contributed by atoms with E-state index in [1.807, 2.05) is 0 Å². The molecule has 1 aromatic rings. The molecule has 1 aliphatic rings. The summed E-state index contributed by atoms with van der Waals surface area (Å²) in [5, 5.41) is 34.8. The van der Waals surface area contributed by atoms with Crippen LogP contribution in [0.5, 0.6) is 0 Å². The molecular formula is C22H26Cl6N2O11. The summed E-state index contributed by atoms with van der Waals surface area (Å²) in [6.07, 6.45) is -8.80. The van der Waals surface area contributed by atoms with Crippen LogP contribution in [0.4, 0.5) is 9.59 Å². The minimum absolute atomic E-state index is 0.169. The highest BCUT2D eigenvalue weighted by molar-refractivity contribution is 6.68. The zero-order valence-corrected chi connectivity index (χ0v) is 25.3. The summed E-state index contributed by atoms with van der Waals surface area (Å²) >= 11 is 33.4. The minimum Gasteiger partial charge on any atom is -0.459 e. The molecule has 0 spiro atoms. The number of benzene rings is 1. The van der Waals surface area contributed by atoms with Crippen LogP contribution in [-0.4, -0.2) is 104 Å². The predicted molar refractivity (Wildman–Crippen MR) is 147 cm³/mol. The van der Waals surface area contributed by atoms with E-state index in [1.54, 1.807) is 30.3 Å². The van der Waals surface area contributed by atoms with Crippen LogP contribution in [0.1, 0.15) is 5.56 Å². The molecule has 0 bridgehead atoms. The molecule has 3 unspecified atom stereocenters. The molecule has 13 nitrogen and oxygen atoms in total. The predicted octanol–water partition coefficient (Wildman–Crippen LogP) is 2.12. The third kappa shape index (κ3) is 13.3. The first-order chi connectivity index (χ1) is 19.1. The summed E-state index contributed by atoms with van der Waals surface area (Å²) in [7, 11) is 0. The van der Waals surface area contributed by atoms with Crippen LogP contribution in [0.3, 0.4) is 0 Å². The Balaban J connectivity index is 2.16. The van der Waals surface area contributed by atoms with Crippen LogP contribution in [0.15, 0.2) is 30.3 Å². The van der Waals surface area contributed by atoms with Crippen molar-refractivity contribution >= 4 is 87.8 Å². The highest BCUT2D eigenvalue weighted by Crippen LogP contribution is 2.27. The van der Waals surface area contributed by atoms with Gasteiger partial charge in [0, 0.05) is 0 Å². The number of halogens is 6. The second-order valence-electron chi connectivity index (χ2n) is 8.38. The first-order valence-electron chi connectivity index (χ1n) is 11.5. The summed E-state index contributed by atoms with van der Waals surface area (Å²) in [6.45, 7) is -2.95. The van der Waals surface area contributed by atoms with Gasteiger partial charge in [0.2, 0.25) is 7.59 Å². The minimum atomic E-state index is -1.94. The Kier molecular flexibility index (Phi) is 14.5. The van der Waals surface area contributed by atoms with E-state index in [-0.39, 0.29) is 6.61 Å². The first-order valence-corrected chi connectivity index (χ1v) is 13.8. The Hall–Kier alpha value is -1.23. The first kappa shape index (κ1) is 36.0. The van der Waals surface area contributed by atoms with Crippen molar-refractivity contribution in [1.29, 1.82) is 0 Å². The number of ether oxygens (including phenoxy) is 5. The fraction of sp³-hybridized carbons (Fsp3) is 0.591. The maximum atomic E-state index is 12.9. The van der Waals surface area contributed by atoms with Crippen molar-refractivity contribution in [2.75, 3.05) is 26.4 Å². The maximum Gasteiger partial charge on any atom is 0.408 e. The van der Waals surface area contributed by atoms with Crippen LogP contribution in [-0.2, 0) is 35.1 Å². The molecule has 0 aliphatic carbocycles. The van der Waals surface area contributed by atoms with Gasteiger partial charge in [-0.3, -0.25) is 0 Å². The van der Waals surface area contributed by atoms with Gasteiger partial charge in [0.15, 0.2) is 12.3 Å². The number of hydrogen-bond acceptors (Lipinski definition) is 11. The average molecular weight is 707 g/mol. The zero-order chi connectivity index (χ0) is 30.8. The van der Waals surface area contributed by atoms with Gasteiger partial charge in [-0.05, 0) is 5.56 Å². The molecule has 1 aromatic carbocycles. The highest BCUT2D eigenvalue weighted by Gasteiger charge is 2.46. The van der Waals surface area contributed by atoms with Crippen molar-refractivity contribution in [1.82, 2.24) is 10.6 Å². The van der Waals surface area contributed by atoms with Gasteiger partial charge in [0.1, 0.15) is 44.2 Å². The number of esters is 1. The molecule has 232 valence electrons. The molecule has 0 saturated carbocycles. The maximum absolute atomic E-state index is 12.9. The quantitative estimate of drug-likeness (QED) is 0.129.